The van der Waals surface area contributed by atoms with Crippen LogP contribution in [-0.2, 0) is 17.9 Å². The summed E-state index contributed by atoms with van der Waals surface area (Å²) in [5.74, 6) is -0.899. The Morgan fingerprint density at radius 1 is 1.09 bits per heavy atom. The number of piperidine rings is 1. The lowest BCUT2D eigenvalue weighted by atomic mass is 9.96. The Kier molecular flexibility index (Phi) is 7.31. The third-order valence-corrected chi connectivity index (χ3v) is 6.90. The number of nitrogens with zero attached hydrogens (tertiary/aromatic N) is 4. The first-order valence-corrected chi connectivity index (χ1v) is 12.1. The van der Waals surface area contributed by atoms with Gasteiger partial charge in [0, 0.05) is 26.2 Å². The number of rotatable bonds is 8. The van der Waals surface area contributed by atoms with E-state index in [0.717, 1.165) is 31.6 Å². The summed E-state index contributed by atoms with van der Waals surface area (Å²) < 4.78 is 1.48. The predicted octanol–water partition coefficient (Wildman–Crippen LogP) is 1.65. The van der Waals surface area contributed by atoms with Gasteiger partial charge in [0.05, 0.1) is 6.54 Å². The largest absolute Gasteiger partial charge is 0.351 e. The molecule has 0 bridgehead atoms. The van der Waals surface area contributed by atoms with Gasteiger partial charge in [-0.2, -0.15) is 5.10 Å². The van der Waals surface area contributed by atoms with Gasteiger partial charge in [-0.05, 0) is 51.4 Å². The summed E-state index contributed by atoms with van der Waals surface area (Å²) in [6.45, 7) is 6.06. The van der Waals surface area contributed by atoms with E-state index in [9.17, 15) is 14.4 Å². The highest BCUT2D eigenvalue weighted by atomic mass is 16.2. The molecule has 1 fully saturated rings. The molecule has 0 radical (unpaired) electrons. The Labute approximate surface area is 200 Å². The minimum Gasteiger partial charge on any atom is -0.351 e. The number of fused-ring (bicyclic) bond motifs is 1. The SMILES string of the molecule is CN1C(=O)c2cc(C(=O)NCCCN3CCCCC3)nn2CC1(C)C(=O)NCc1ccccc1. The molecule has 3 amide bonds. The maximum Gasteiger partial charge on any atom is 0.272 e. The molecular formula is C25H34N6O3. The second kappa shape index (κ2) is 10.4. The quantitative estimate of drug-likeness (QED) is 0.577. The number of likely N-dealkylation sites (N-methyl/N-ethyl adjacent to an activating group) is 1. The van der Waals surface area contributed by atoms with Gasteiger partial charge in [-0.15, -0.1) is 0 Å². The number of carbonyl (C=O) groups excluding carboxylic acids is 3. The second-order valence-corrected chi connectivity index (χ2v) is 9.39. The summed E-state index contributed by atoms with van der Waals surface area (Å²) in [6, 6.07) is 11.1. The van der Waals surface area contributed by atoms with Gasteiger partial charge < -0.3 is 20.4 Å². The Morgan fingerprint density at radius 3 is 2.56 bits per heavy atom. The molecule has 182 valence electrons. The van der Waals surface area contributed by atoms with Crippen LogP contribution in [-0.4, -0.2) is 76.1 Å². The number of carbonyl (C=O) groups is 3. The van der Waals surface area contributed by atoms with Crippen molar-refractivity contribution in [2.45, 2.75) is 51.2 Å². The number of hydrogen-bond donors (Lipinski definition) is 2. The number of aromatic nitrogens is 2. The Balaban J connectivity index is 1.36. The number of benzene rings is 1. The highest BCUT2D eigenvalue weighted by molar-refractivity contribution is 6.01. The summed E-state index contributed by atoms with van der Waals surface area (Å²) in [6.07, 6.45) is 4.68. The first-order valence-electron chi connectivity index (χ1n) is 12.1. The van der Waals surface area contributed by atoms with Crippen LogP contribution < -0.4 is 10.6 Å². The Morgan fingerprint density at radius 2 is 1.82 bits per heavy atom. The average Bonchev–Trinajstić information content (AvgIpc) is 3.29. The first-order chi connectivity index (χ1) is 16.4. The van der Waals surface area contributed by atoms with Crippen LogP contribution in [0.2, 0.25) is 0 Å². The van der Waals surface area contributed by atoms with Gasteiger partial charge in [0.25, 0.3) is 11.8 Å². The molecule has 0 aliphatic carbocycles. The fourth-order valence-corrected chi connectivity index (χ4v) is 4.58. The summed E-state index contributed by atoms with van der Waals surface area (Å²) in [4.78, 5) is 42.6. The van der Waals surface area contributed by atoms with Crippen molar-refractivity contribution in [1.29, 1.82) is 0 Å². The normalized spacial score (nSPS) is 20.6. The van der Waals surface area contributed by atoms with Crippen molar-refractivity contribution < 1.29 is 14.4 Å². The van der Waals surface area contributed by atoms with Crippen molar-refractivity contribution >= 4 is 17.7 Å². The third kappa shape index (κ3) is 5.14. The number of amides is 3. The minimum atomic E-state index is -1.12. The van der Waals surface area contributed by atoms with E-state index < -0.39 is 5.54 Å². The molecule has 1 unspecified atom stereocenters. The van der Waals surface area contributed by atoms with Crippen LogP contribution >= 0.6 is 0 Å². The van der Waals surface area contributed by atoms with E-state index in [1.807, 2.05) is 30.3 Å². The monoisotopic (exact) mass is 466 g/mol. The van der Waals surface area contributed by atoms with E-state index in [1.165, 1.54) is 34.9 Å². The van der Waals surface area contributed by atoms with Crippen LogP contribution in [0.1, 0.15) is 59.1 Å². The van der Waals surface area contributed by atoms with Crippen molar-refractivity contribution in [2.24, 2.45) is 0 Å². The lowest BCUT2D eigenvalue weighted by molar-refractivity contribution is -0.132. The molecule has 0 saturated carbocycles. The van der Waals surface area contributed by atoms with Crippen molar-refractivity contribution in [3.63, 3.8) is 0 Å². The molecule has 2 N–H and O–H groups in total. The van der Waals surface area contributed by atoms with Gasteiger partial charge in [-0.1, -0.05) is 36.8 Å². The molecule has 0 spiro atoms. The van der Waals surface area contributed by atoms with Crippen LogP contribution in [0.4, 0.5) is 0 Å². The fraction of sp³-hybridized carbons (Fsp3) is 0.520. The van der Waals surface area contributed by atoms with Crippen LogP contribution in [0.3, 0.4) is 0 Å². The first kappa shape index (κ1) is 23.9. The maximum atomic E-state index is 13.1. The third-order valence-electron chi connectivity index (χ3n) is 6.90. The van der Waals surface area contributed by atoms with Crippen molar-refractivity contribution in [3.05, 3.63) is 53.3 Å². The van der Waals surface area contributed by atoms with E-state index >= 15 is 0 Å². The van der Waals surface area contributed by atoms with Gasteiger partial charge in [0.1, 0.15) is 11.2 Å². The van der Waals surface area contributed by atoms with Gasteiger partial charge in [0.2, 0.25) is 5.91 Å². The molecule has 1 aromatic heterocycles. The summed E-state index contributed by atoms with van der Waals surface area (Å²) in [5, 5.41) is 10.2. The minimum absolute atomic E-state index is 0.174. The van der Waals surface area contributed by atoms with E-state index in [4.69, 9.17) is 0 Å². The van der Waals surface area contributed by atoms with Gasteiger partial charge in [0.15, 0.2) is 5.69 Å². The van der Waals surface area contributed by atoms with Crippen molar-refractivity contribution in [2.75, 3.05) is 33.2 Å². The number of nitrogens with one attached hydrogen (secondary N) is 2. The zero-order valence-electron chi connectivity index (χ0n) is 20.0. The molecule has 2 aliphatic rings. The lowest BCUT2D eigenvalue weighted by Crippen LogP contribution is -2.62. The van der Waals surface area contributed by atoms with Gasteiger partial charge >= 0.3 is 0 Å². The highest BCUT2D eigenvalue weighted by Gasteiger charge is 2.46. The molecule has 34 heavy (non-hydrogen) atoms. The number of hydrogen-bond acceptors (Lipinski definition) is 5. The molecule has 2 aromatic rings. The molecule has 9 nitrogen and oxygen atoms in total. The lowest BCUT2D eigenvalue weighted by Gasteiger charge is -2.40. The fourth-order valence-electron chi connectivity index (χ4n) is 4.58. The van der Waals surface area contributed by atoms with Crippen LogP contribution in [0.25, 0.3) is 0 Å². The second-order valence-electron chi connectivity index (χ2n) is 9.39. The smallest absolute Gasteiger partial charge is 0.272 e. The van der Waals surface area contributed by atoms with E-state index in [2.05, 4.69) is 20.6 Å². The molecule has 3 heterocycles. The molecule has 1 saturated heterocycles. The van der Waals surface area contributed by atoms with Crippen LogP contribution in [0.15, 0.2) is 36.4 Å². The zero-order valence-corrected chi connectivity index (χ0v) is 20.0. The average molecular weight is 467 g/mol. The topological polar surface area (TPSA) is 99.6 Å². The van der Waals surface area contributed by atoms with Crippen molar-refractivity contribution in [3.8, 4) is 0 Å². The Bertz CT molecular complexity index is 1030. The van der Waals surface area contributed by atoms with E-state index in [-0.39, 0.29) is 30.0 Å². The van der Waals surface area contributed by atoms with E-state index in [1.54, 1.807) is 14.0 Å². The zero-order chi connectivity index (χ0) is 24.1. The predicted molar refractivity (Wildman–Crippen MR) is 128 cm³/mol. The van der Waals surface area contributed by atoms with Gasteiger partial charge in [-0.3, -0.25) is 19.1 Å². The molecule has 9 heteroatoms. The number of likely N-dealkylation sites (tertiary alicyclic amines) is 1. The summed E-state index contributed by atoms with van der Waals surface area (Å²) >= 11 is 0. The van der Waals surface area contributed by atoms with Crippen LogP contribution in [0.5, 0.6) is 0 Å². The van der Waals surface area contributed by atoms with Crippen molar-refractivity contribution in [1.82, 2.24) is 30.2 Å². The molecular weight excluding hydrogens is 432 g/mol. The molecule has 1 atom stereocenters. The van der Waals surface area contributed by atoms with Gasteiger partial charge in [-0.25, -0.2) is 0 Å². The summed E-state index contributed by atoms with van der Waals surface area (Å²) in [7, 11) is 1.61. The maximum absolute atomic E-state index is 13.1. The molecule has 4 rings (SSSR count). The standard InChI is InChI=1S/C25H34N6O3/c1-25(24(34)27-17-19-10-5-3-6-11-19)18-31-21(23(33)29(25)2)16-20(28-31)22(32)26-12-9-15-30-13-7-4-8-14-30/h3,5-6,10-11,16H,4,7-9,12-15,17-18H2,1-2H3,(H,26,32)(H,27,34). The highest BCUT2D eigenvalue weighted by Crippen LogP contribution is 2.26. The van der Waals surface area contributed by atoms with Crippen LogP contribution in [0, 0.1) is 0 Å². The van der Waals surface area contributed by atoms with E-state index in [0.29, 0.717) is 18.8 Å². The Hall–Kier alpha value is -3.20. The molecule has 1 aromatic carbocycles. The summed E-state index contributed by atoms with van der Waals surface area (Å²) in [5.41, 5.74) is 0.369. The molecule has 2 aliphatic heterocycles.